The van der Waals surface area contributed by atoms with Gasteiger partial charge in [-0.05, 0) is 18.8 Å². The summed E-state index contributed by atoms with van der Waals surface area (Å²) in [6, 6.07) is -4.65. The Hall–Kier alpha value is -4.80. The van der Waals surface area contributed by atoms with Crippen LogP contribution in [-0.2, 0) is 41.6 Å². The number of carboxylic acids is 1. The lowest BCUT2D eigenvalue weighted by molar-refractivity contribution is -0.138. The molecule has 0 aliphatic heterocycles. The zero-order valence-corrected chi connectivity index (χ0v) is 23.4. The van der Waals surface area contributed by atoms with Gasteiger partial charge in [-0.25, -0.2) is 9.97 Å². The fourth-order valence-corrected chi connectivity index (χ4v) is 3.89. The summed E-state index contributed by atoms with van der Waals surface area (Å²) >= 11 is 0. The van der Waals surface area contributed by atoms with Crippen molar-refractivity contribution in [1.29, 1.82) is 0 Å². The van der Waals surface area contributed by atoms with Gasteiger partial charge >= 0.3 is 5.97 Å². The molecule has 0 aliphatic carbocycles. The van der Waals surface area contributed by atoms with Gasteiger partial charge in [0.25, 0.3) is 0 Å². The molecular formula is C25H38N10O7. The number of rotatable bonds is 18. The van der Waals surface area contributed by atoms with Gasteiger partial charge in [0.05, 0.1) is 18.7 Å². The van der Waals surface area contributed by atoms with E-state index in [-0.39, 0.29) is 38.0 Å². The van der Waals surface area contributed by atoms with Crippen LogP contribution in [-0.4, -0.2) is 91.3 Å². The van der Waals surface area contributed by atoms with E-state index in [9.17, 15) is 28.8 Å². The molecule has 0 bridgehead atoms. The molecule has 4 unspecified atom stereocenters. The van der Waals surface area contributed by atoms with E-state index >= 15 is 0 Å². The number of carbonyl (C=O) groups excluding carboxylic acids is 5. The van der Waals surface area contributed by atoms with Crippen LogP contribution in [0.1, 0.15) is 44.5 Å². The number of aromatic nitrogens is 4. The van der Waals surface area contributed by atoms with Gasteiger partial charge in [-0.3, -0.25) is 28.8 Å². The van der Waals surface area contributed by atoms with Gasteiger partial charge in [-0.2, -0.15) is 0 Å². The average Bonchev–Trinajstić information content (AvgIpc) is 3.63. The minimum atomic E-state index is -1.25. The highest BCUT2D eigenvalue weighted by Crippen LogP contribution is 2.08. The molecule has 17 nitrogen and oxygen atoms in total. The number of primary amides is 1. The number of imidazole rings is 2. The number of nitrogens with one attached hydrogen (secondary N) is 6. The Morgan fingerprint density at radius 3 is 1.76 bits per heavy atom. The van der Waals surface area contributed by atoms with Crippen molar-refractivity contribution in [1.82, 2.24) is 41.2 Å². The van der Waals surface area contributed by atoms with Crippen LogP contribution in [0.5, 0.6) is 0 Å². The Balaban J connectivity index is 2.25. The molecule has 2 heterocycles. The van der Waals surface area contributed by atoms with Crippen LogP contribution in [0.2, 0.25) is 0 Å². The maximum atomic E-state index is 13.5. The highest BCUT2D eigenvalue weighted by molar-refractivity contribution is 5.95. The lowest BCUT2D eigenvalue weighted by atomic mass is 10.0. The largest absolute Gasteiger partial charge is 0.480 e. The number of amides is 5. The summed E-state index contributed by atoms with van der Waals surface area (Å²) in [4.78, 5) is 87.8. The molecule has 0 saturated heterocycles. The van der Waals surface area contributed by atoms with Gasteiger partial charge in [0, 0.05) is 43.0 Å². The van der Waals surface area contributed by atoms with Crippen molar-refractivity contribution in [2.24, 2.45) is 17.4 Å². The molecule has 4 atom stereocenters. The van der Waals surface area contributed by atoms with Crippen LogP contribution in [0.4, 0.5) is 0 Å². The van der Waals surface area contributed by atoms with Gasteiger partial charge < -0.3 is 47.8 Å². The van der Waals surface area contributed by atoms with E-state index in [0.29, 0.717) is 11.4 Å². The van der Waals surface area contributed by atoms with Gasteiger partial charge in [-0.15, -0.1) is 0 Å². The first-order valence-corrected chi connectivity index (χ1v) is 13.2. The summed E-state index contributed by atoms with van der Waals surface area (Å²) in [6.45, 7) is 3.02. The van der Waals surface area contributed by atoms with Crippen LogP contribution in [0.25, 0.3) is 0 Å². The molecule has 2 aromatic rings. The Morgan fingerprint density at radius 2 is 1.33 bits per heavy atom. The van der Waals surface area contributed by atoms with Crippen molar-refractivity contribution in [2.45, 2.75) is 70.1 Å². The number of carboxylic acid groups (broad SMARTS) is 1. The normalized spacial score (nSPS) is 13.8. The van der Waals surface area contributed by atoms with Crippen LogP contribution in [0, 0.1) is 5.92 Å². The Bertz CT molecular complexity index is 1200. The number of nitrogens with two attached hydrogens (primary N) is 2. The highest BCUT2D eigenvalue weighted by Gasteiger charge is 2.31. The van der Waals surface area contributed by atoms with Gasteiger partial charge in [-0.1, -0.05) is 13.8 Å². The van der Waals surface area contributed by atoms with Gasteiger partial charge in [0.2, 0.25) is 29.5 Å². The van der Waals surface area contributed by atoms with Crippen molar-refractivity contribution in [3.63, 3.8) is 0 Å². The molecule has 230 valence electrons. The first kappa shape index (κ1) is 33.4. The first-order valence-electron chi connectivity index (χ1n) is 13.2. The lowest BCUT2D eigenvalue weighted by Crippen LogP contribution is -2.59. The second kappa shape index (κ2) is 16.5. The van der Waals surface area contributed by atoms with Crippen molar-refractivity contribution in [2.75, 3.05) is 6.54 Å². The molecule has 2 rings (SSSR count). The van der Waals surface area contributed by atoms with E-state index in [4.69, 9.17) is 16.6 Å². The molecule has 5 amide bonds. The molecule has 0 spiro atoms. The quantitative estimate of drug-likeness (QED) is 0.0860. The van der Waals surface area contributed by atoms with E-state index in [0.717, 1.165) is 0 Å². The van der Waals surface area contributed by atoms with E-state index in [1.807, 2.05) is 13.8 Å². The second-order valence-electron chi connectivity index (χ2n) is 10.1. The van der Waals surface area contributed by atoms with Crippen molar-refractivity contribution in [3.05, 3.63) is 36.4 Å². The van der Waals surface area contributed by atoms with E-state index in [1.54, 1.807) is 0 Å². The maximum absolute atomic E-state index is 13.5. The predicted octanol–water partition coefficient (Wildman–Crippen LogP) is -2.79. The standard InChI is InChI=1S/C25H38N10O7/c1-13(2)5-17(23(40)30-10-21(37)38)34-25(42)19(7-15-9-29-12-32-15)35-24(41)18(6-14-8-28-11-31-14)33-22(39)16(26)3-4-20(27)36/h8-9,11-13,16-19H,3-7,10,26H2,1-2H3,(H2,27,36)(H,28,31)(H,29,32)(H,30,40)(H,33,39)(H,34,42)(H,35,41)(H,37,38). The third-order valence-electron chi connectivity index (χ3n) is 6.02. The monoisotopic (exact) mass is 590 g/mol. The van der Waals surface area contributed by atoms with Crippen LogP contribution in [0.15, 0.2) is 25.0 Å². The molecule has 42 heavy (non-hydrogen) atoms. The molecule has 11 N–H and O–H groups in total. The maximum Gasteiger partial charge on any atom is 0.322 e. The topological polar surface area (TPSA) is 280 Å². The van der Waals surface area contributed by atoms with Crippen molar-refractivity contribution in [3.8, 4) is 0 Å². The van der Waals surface area contributed by atoms with Gasteiger partial charge in [0.15, 0.2) is 0 Å². The average molecular weight is 591 g/mol. The number of hydrogen-bond acceptors (Lipinski definition) is 9. The Labute approximate surface area is 241 Å². The molecule has 0 aromatic carbocycles. The zero-order valence-electron chi connectivity index (χ0n) is 23.4. The molecule has 2 aromatic heterocycles. The molecule has 0 aliphatic rings. The van der Waals surface area contributed by atoms with Gasteiger partial charge in [0.1, 0.15) is 24.7 Å². The summed E-state index contributed by atoms with van der Waals surface area (Å²) in [5.74, 6) is -4.79. The number of aliphatic carboxylic acids is 1. The summed E-state index contributed by atoms with van der Waals surface area (Å²) in [5.41, 5.74) is 12.0. The Kier molecular flexibility index (Phi) is 13.1. The molecule has 0 fully saturated rings. The van der Waals surface area contributed by atoms with Crippen molar-refractivity contribution < 1.29 is 33.9 Å². The summed E-state index contributed by atoms with van der Waals surface area (Å²) in [7, 11) is 0. The molecular weight excluding hydrogens is 552 g/mol. The minimum absolute atomic E-state index is 0.0356. The van der Waals surface area contributed by atoms with E-state index in [2.05, 4.69) is 41.2 Å². The molecule has 0 radical (unpaired) electrons. The summed E-state index contributed by atoms with van der Waals surface area (Å²) in [6.07, 6.45) is 5.65. The third kappa shape index (κ3) is 11.7. The lowest BCUT2D eigenvalue weighted by Gasteiger charge is -2.26. The fraction of sp³-hybridized carbons (Fsp3) is 0.520. The van der Waals surface area contributed by atoms with Crippen LogP contribution in [0.3, 0.4) is 0 Å². The SMILES string of the molecule is CC(C)CC(NC(=O)C(Cc1cnc[nH]1)NC(=O)C(Cc1cnc[nH]1)NC(=O)C(N)CCC(N)=O)C(=O)NCC(=O)O. The number of aromatic amines is 2. The highest BCUT2D eigenvalue weighted by atomic mass is 16.4. The third-order valence-corrected chi connectivity index (χ3v) is 6.02. The first-order chi connectivity index (χ1) is 19.8. The fourth-order valence-electron chi connectivity index (χ4n) is 3.89. The molecule has 17 heteroatoms. The predicted molar refractivity (Wildman–Crippen MR) is 147 cm³/mol. The zero-order chi connectivity index (χ0) is 31.2. The van der Waals surface area contributed by atoms with E-state index < -0.39 is 66.2 Å². The number of carbonyl (C=O) groups is 6. The van der Waals surface area contributed by atoms with Crippen LogP contribution >= 0.6 is 0 Å². The smallest absolute Gasteiger partial charge is 0.322 e. The number of nitrogens with zero attached hydrogens (tertiary/aromatic N) is 2. The molecule has 0 saturated carbocycles. The number of hydrogen-bond donors (Lipinski definition) is 9. The van der Waals surface area contributed by atoms with E-state index in [1.165, 1.54) is 25.0 Å². The second-order valence-corrected chi connectivity index (χ2v) is 10.1. The van der Waals surface area contributed by atoms with Crippen LogP contribution < -0.4 is 32.7 Å². The Morgan fingerprint density at radius 1 is 0.833 bits per heavy atom. The van der Waals surface area contributed by atoms with Crippen molar-refractivity contribution >= 4 is 35.5 Å². The number of H-pyrrole nitrogens is 2. The summed E-state index contributed by atoms with van der Waals surface area (Å²) < 4.78 is 0. The minimum Gasteiger partial charge on any atom is -0.480 e. The summed E-state index contributed by atoms with van der Waals surface area (Å²) in [5, 5.41) is 18.9.